The third-order valence-corrected chi connectivity index (χ3v) is 4.87. The number of halogens is 2. The monoisotopic (exact) mass is 344 g/mol. The Bertz CT molecular complexity index is 806. The standard InChI is InChI=1S/C20H22F2N2O/c1-13-4-6-16(10-14(13)2)20-23(3)12-19(25)24(20)9-8-15-5-7-17(21)18(22)11-15/h4-7,10-11,20H,8-9,12H2,1-3H3. The molecule has 1 atom stereocenters. The van der Waals surface area contributed by atoms with Gasteiger partial charge in [0, 0.05) is 6.54 Å². The molecule has 3 nitrogen and oxygen atoms in total. The smallest absolute Gasteiger partial charge is 0.238 e. The molecule has 132 valence electrons. The summed E-state index contributed by atoms with van der Waals surface area (Å²) in [7, 11) is 1.93. The second-order valence-corrected chi connectivity index (χ2v) is 6.72. The number of benzene rings is 2. The molecule has 0 radical (unpaired) electrons. The van der Waals surface area contributed by atoms with Gasteiger partial charge in [0.1, 0.15) is 6.17 Å². The van der Waals surface area contributed by atoms with Gasteiger partial charge >= 0.3 is 0 Å². The van der Waals surface area contributed by atoms with Crippen molar-refractivity contribution in [3.63, 3.8) is 0 Å². The van der Waals surface area contributed by atoms with Crippen molar-refractivity contribution in [1.82, 2.24) is 9.80 Å². The Morgan fingerprint density at radius 1 is 1.04 bits per heavy atom. The van der Waals surface area contributed by atoms with Crippen molar-refractivity contribution in [2.75, 3.05) is 20.1 Å². The second-order valence-electron chi connectivity index (χ2n) is 6.72. The fraction of sp³-hybridized carbons (Fsp3) is 0.350. The molecular formula is C20H22F2N2O. The molecule has 0 bridgehead atoms. The average molecular weight is 344 g/mol. The van der Waals surface area contributed by atoms with Crippen LogP contribution in [-0.4, -0.2) is 35.8 Å². The zero-order valence-electron chi connectivity index (χ0n) is 14.7. The third-order valence-electron chi connectivity index (χ3n) is 4.87. The molecule has 1 aliphatic rings. The fourth-order valence-corrected chi connectivity index (χ4v) is 3.32. The predicted octanol–water partition coefficient (Wildman–Crippen LogP) is 3.60. The summed E-state index contributed by atoms with van der Waals surface area (Å²) in [6.07, 6.45) is 0.357. The summed E-state index contributed by atoms with van der Waals surface area (Å²) in [5, 5.41) is 0. The lowest BCUT2D eigenvalue weighted by Crippen LogP contribution is -2.32. The largest absolute Gasteiger partial charge is 0.321 e. The number of nitrogens with zero attached hydrogens (tertiary/aromatic N) is 2. The van der Waals surface area contributed by atoms with E-state index in [1.807, 2.05) is 22.9 Å². The van der Waals surface area contributed by atoms with Gasteiger partial charge in [-0.15, -0.1) is 0 Å². The van der Waals surface area contributed by atoms with Crippen LogP contribution in [0.3, 0.4) is 0 Å². The molecule has 3 rings (SSSR count). The van der Waals surface area contributed by atoms with Crippen LogP contribution < -0.4 is 0 Å². The maximum atomic E-state index is 13.4. The van der Waals surface area contributed by atoms with Gasteiger partial charge in [0.25, 0.3) is 0 Å². The lowest BCUT2D eigenvalue weighted by atomic mass is 10.0. The number of likely N-dealkylation sites (N-methyl/N-ethyl adjacent to an activating group) is 1. The average Bonchev–Trinajstić information content (AvgIpc) is 2.85. The van der Waals surface area contributed by atoms with Crippen LogP contribution >= 0.6 is 0 Å². The zero-order valence-corrected chi connectivity index (χ0v) is 14.7. The first-order chi connectivity index (χ1) is 11.9. The Labute approximate surface area is 146 Å². The van der Waals surface area contributed by atoms with Crippen molar-refractivity contribution in [3.05, 3.63) is 70.3 Å². The molecule has 2 aromatic carbocycles. The maximum Gasteiger partial charge on any atom is 0.238 e. The first kappa shape index (κ1) is 17.5. The lowest BCUT2D eigenvalue weighted by Gasteiger charge is -2.29. The molecule has 0 spiro atoms. The van der Waals surface area contributed by atoms with Crippen molar-refractivity contribution < 1.29 is 13.6 Å². The number of aryl methyl sites for hydroxylation is 2. The molecule has 5 heteroatoms. The SMILES string of the molecule is Cc1ccc(C2N(C)CC(=O)N2CCc2ccc(F)c(F)c2)cc1C. The van der Waals surface area contributed by atoms with Gasteiger partial charge in [-0.25, -0.2) is 8.78 Å². The van der Waals surface area contributed by atoms with Gasteiger partial charge in [-0.05, 0) is 61.7 Å². The van der Waals surface area contributed by atoms with Crippen LogP contribution in [0.15, 0.2) is 36.4 Å². The molecule has 0 aliphatic carbocycles. The van der Waals surface area contributed by atoms with Crippen LogP contribution in [0.1, 0.15) is 28.4 Å². The van der Waals surface area contributed by atoms with Crippen molar-refractivity contribution in [1.29, 1.82) is 0 Å². The number of hydrogen-bond acceptors (Lipinski definition) is 2. The minimum absolute atomic E-state index is 0.0494. The van der Waals surface area contributed by atoms with Crippen molar-refractivity contribution in [2.24, 2.45) is 0 Å². The normalized spacial score (nSPS) is 18.2. The van der Waals surface area contributed by atoms with E-state index in [9.17, 15) is 13.6 Å². The van der Waals surface area contributed by atoms with Crippen LogP contribution in [-0.2, 0) is 11.2 Å². The minimum Gasteiger partial charge on any atom is -0.321 e. The highest BCUT2D eigenvalue weighted by atomic mass is 19.2. The third kappa shape index (κ3) is 3.56. The Kier molecular flexibility index (Phi) is 4.86. The summed E-state index contributed by atoms with van der Waals surface area (Å²) >= 11 is 0. The van der Waals surface area contributed by atoms with Gasteiger partial charge in [0.05, 0.1) is 6.54 Å². The lowest BCUT2D eigenvalue weighted by molar-refractivity contribution is -0.128. The minimum atomic E-state index is -0.854. The van der Waals surface area contributed by atoms with Gasteiger partial charge in [0.15, 0.2) is 11.6 Å². The van der Waals surface area contributed by atoms with E-state index in [4.69, 9.17) is 0 Å². The van der Waals surface area contributed by atoms with E-state index in [2.05, 4.69) is 26.0 Å². The van der Waals surface area contributed by atoms with E-state index in [-0.39, 0.29) is 12.1 Å². The first-order valence-electron chi connectivity index (χ1n) is 8.37. The topological polar surface area (TPSA) is 23.6 Å². The summed E-state index contributed by atoms with van der Waals surface area (Å²) < 4.78 is 26.4. The van der Waals surface area contributed by atoms with Crippen LogP contribution in [0.4, 0.5) is 8.78 Å². The molecule has 0 saturated carbocycles. The Morgan fingerprint density at radius 2 is 1.80 bits per heavy atom. The van der Waals surface area contributed by atoms with Crippen LogP contribution in [0.25, 0.3) is 0 Å². The zero-order chi connectivity index (χ0) is 18.1. The summed E-state index contributed by atoms with van der Waals surface area (Å²) in [6.45, 7) is 4.94. The Hall–Kier alpha value is -2.27. The molecule has 1 fully saturated rings. The number of rotatable bonds is 4. The van der Waals surface area contributed by atoms with E-state index in [0.29, 0.717) is 25.1 Å². The van der Waals surface area contributed by atoms with Crippen molar-refractivity contribution >= 4 is 5.91 Å². The van der Waals surface area contributed by atoms with Gasteiger partial charge in [-0.3, -0.25) is 9.69 Å². The Balaban J connectivity index is 1.80. The van der Waals surface area contributed by atoms with E-state index >= 15 is 0 Å². The summed E-state index contributed by atoms with van der Waals surface area (Å²) in [6, 6.07) is 10.1. The van der Waals surface area contributed by atoms with Crippen LogP contribution in [0.5, 0.6) is 0 Å². The highest BCUT2D eigenvalue weighted by Crippen LogP contribution is 2.30. The van der Waals surface area contributed by atoms with E-state index < -0.39 is 11.6 Å². The quantitative estimate of drug-likeness (QED) is 0.846. The van der Waals surface area contributed by atoms with Gasteiger partial charge < -0.3 is 4.90 Å². The molecule has 1 amide bonds. The molecule has 1 heterocycles. The number of carbonyl (C=O) groups excluding carboxylic acids is 1. The number of hydrogen-bond donors (Lipinski definition) is 0. The maximum absolute atomic E-state index is 13.4. The van der Waals surface area contributed by atoms with E-state index in [1.54, 1.807) is 6.07 Å². The van der Waals surface area contributed by atoms with Crippen molar-refractivity contribution in [2.45, 2.75) is 26.4 Å². The number of amides is 1. The molecule has 2 aromatic rings. The van der Waals surface area contributed by atoms with E-state index in [0.717, 1.165) is 11.6 Å². The molecule has 1 aliphatic heterocycles. The molecule has 25 heavy (non-hydrogen) atoms. The van der Waals surface area contributed by atoms with Crippen molar-refractivity contribution in [3.8, 4) is 0 Å². The fourth-order valence-electron chi connectivity index (χ4n) is 3.32. The molecular weight excluding hydrogens is 322 g/mol. The van der Waals surface area contributed by atoms with E-state index in [1.165, 1.54) is 17.2 Å². The van der Waals surface area contributed by atoms with Gasteiger partial charge in [0.2, 0.25) is 5.91 Å². The van der Waals surface area contributed by atoms with Crippen LogP contribution in [0, 0.1) is 25.5 Å². The predicted molar refractivity (Wildman–Crippen MR) is 93.1 cm³/mol. The summed E-state index contributed by atoms with van der Waals surface area (Å²) in [4.78, 5) is 16.2. The summed E-state index contributed by atoms with van der Waals surface area (Å²) in [5.41, 5.74) is 4.15. The first-order valence-corrected chi connectivity index (χ1v) is 8.37. The number of carbonyl (C=O) groups is 1. The highest BCUT2D eigenvalue weighted by molar-refractivity contribution is 5.81. The molecule has 1 saturated heterocycles. The molecule has 0 aromatic heterocycles. The Morgan fingerprint density at radius 3 is 2.48 bits per heavy atom. The summed E-state index contributed by atoms with van der Waals surface area (Å²) in [5.74, 6) is -1.66. The highest BCUT2D eigenvalue weighted by Gasteiger charge is 2.36. The molecule has 0 N–H and O–H groups in total. The van der Waals surface area contributed by atoms with Gasteiger partial charge in [-0.2, -0.15) is 0 Å². The molecule has 1 unspecified atom stereocenters. The van der Waals surface area contributed by atoms with Gasteiger partial charge in [-0.1, -0.05) is 24.3 Å². The van der Waals surface area contributed by atoms with Crippen LogP contribution in [0.2, 0.25) is 0 Å². The second kappa shape index (κ2) is 6.92.